The molecule has 1 aromatic carbocycles. The molecule has 1 atom stereocenters. The van der Waals surface area contributed by atoms with Gasteiger partial charge in [0.15, 0.2) is 0 Å². The molecule has 1 saturated carbocycles. The van der Waals surface area contributed by atoms with Crippen molar-refractivity contribution in [3.05, 3.63) is 18.2 Å². The van der Waals surface area contributed by atoms with E-state index in [0.717, 1.165) is 23.1 Å². The lowest BCUT2D eigenvalue weighted by molar-refractivity contribution is 0.404. The van der Waals surface area contributed by atoms with E-state index in [0.29, 0.717) is 6.04 Å². The van der Waals surface area contributed by atoms with E-state index >= 15 is 0 Å². The van der Waals surface area contributed by atoms with Gasteiger partial charge < -0.3 is 14.8 Å². The van der Waals surface area contributed by atoms with Gasteiger partial charge in [0.1, 0.15) is 11.5 Å². The van der Waals surface area contributed by atoms with Gasteiger partial charge in [0.25, 0.3) is 0 Å². The molecule has 1 aromatic rings. The third-order valence-electron chi connectivity index (χ3n) is 3.12. The monoisotopic (exact) mass is 221 g/mol. The number of rotatable bonds is 5. The normalized spacial score (nSPS) is 16.7. The van der Waals surface area contributed by atoms with Gasteiger partial charge in [-0.05, 0) is 37.8 Å². The van der Waals surface area contributed by atoms with Crippen molar-refractivity contribution in [1.82, 2.24) is 0 Å². The Morgan fingerprint density at radius 1 is 1.25 bits per heavy atom. The second-order valence-electron chi connectivity index (χ2n) is 4.34. The van der Waals surface area contributed by atoms with E-state index in [1.165, 1.54) is 12.8 Å². The highest BCUT2D eigenvalue weighted by atomic mass is 16.5. The van der Waals surface area contributed by atoms with Crippen molar-refractivity contribution < 1.29 is 9.47 Å². The molecule has 0 spiro atoms. The van der Waals surface area contributed by atoms with Gasteiger partial charge in [0, 0.05) is 12.1 Å². The van der Waals surface area contributed by atoms with Crippen molar-refractivity contribution in [2.75, 3.05) is 19.5 Å². The van der Waals surface area contributed by atoms with Crippen LogP contribution in [0.2, 0.25) is 0 Å². The van der Waals surface area contributed by atoms with Gasteiger partial charge in [-0.2, -0.15) is 0 Å². The molecule has 0 aliphatic heterocycles. The van der Waals surface area contributed by atoms with Crippen LogP contribution >= 0.6 is 0 Å². The molecule has 0 bridgehead atoms. The van der Waals surface area contributed by atoms with Crippen LogP contribution in [0.15, 0.2) is 18.2 Å². The Kier molecular flexibility index (Phi) is 3.22. The van der Waals surface area contributed by atoms with Crippen LogP contribution in [0.1, 0.15) is 19.8 Å². The van der Waals surface area contributed by atoms with Gasteiger partial charge >= 0.3 is 0 Å². The van der Waals surface area contributed by atoms with E-state index in [1.807, 2.05) is 18.2 Å². The highest BCUT2D eigenvalue weighted by Crippen LogP contribution is 2.36. The van der Waals surface area contributed by atoms with Gasteiger partial charge in [0.2, 0.25) is 0 Å². The molecule has 88 valence electrons. The average Bonchev–Trinajstić information content (AvgIpc) is 3.12. The van der Waals surface area contributed by atoms with Gasteiger partial charge in [-0.1, -0.05) is 0 Å². The summed E-state index contributed by atoms with van der Waals surface area (Å²) in [5.74, 6) is 2.54. The summed E-state index contributed by atoms with van der Waals surface area (Å²) in [5.41, 5.74) is 1.02. The Morgan fingerprint density at radius 2 is 2.00 bits per heavy atom. The largest absolute Gasteiger partial charge is 0.497 e. The topological polar surface area (TPSA) is 30.5 Å². The molecule has 0 heterocycles. The maximum Gasteiger partial charge on any atom is 0.142 e. The fourth-order valence-corrected chi connectivity index (χ4v) is 1.89. The summed E-state index contributed by atoms with van der Waals surface area (Å²) in [4.78, 5) is 0. The van der Waals surface area contributed by atoms with E-state index in [-0.39, 0.29) is 0 Å². The Morgan fingerprint density at radius 3 is 2.56 bits per heavy atom. The second kappa shape index (κ2) is 4.64. The molecule has 0 aromatic heterocycles. The van der Waals surface area contributed by atoms with Gasteiger partial charge in [0.05, 0.1) is 19.9 Å². The summed E-state index contributed by atoms with van der Waals surface area (Å²) in [6.45, 7) is 2.22. The molecule has 1 aliphatic rings. The molecule has 16 heavy (non-hydrogen) atoms. The van der Waals surface area contributed by atoms with Gasteiger partial charge in [-0.3, -0.25) is 0 Å². The third kappa shape index (κ3) is 2.40. The summed E-state index contributed by atoms with van der Waals surface area (Å²) in [5, 5.41) is 3.49. The maximum absolute atomic E-state index is 5.33. The van der Waals surface area contributed by atoms with Crippen molar-refractivity contribution in [2.45, 2.75) is 25.8 Å². The van der Waals surface area contributed by atoms with E-state index in [2.05, 4.69) is 12.2 Å². The highest BCUT2D eigenvalue weighted by molar-refractivity contribution is 5.60. The Balaban J connectivity index is 2.15. The van der Waals surface area contributed by atoms with Crippen LogP contribution in [0.5, 0.6) is 11.5 Å². The molecule has 1 unspecified atom stereocenters. The number of benzene rings is 1. The number of ether oxygens (including phenoxy) is 2. The predicted octanol–water partition coefficient (Wildman–Crippen LogP) is 2.91. The number of nitrogens with one attached hydrogen (secondary N) is 1. The SMILES string of the molecule is COc1ccc(OC)c(NC(C)C2CC2)c1. The molecule has 1 N–H and O–H groups in total. The highest BCUT2D eigenvalue weighted by Gasteiger charge is 2.28. The van der Waals surface area contributed by atoms with Gasteiger partial charge in [-0.25, -0.2) is 0 Å². The average molecular weight is 221 g/mol. The molecule has 3 nitrogen and oxygen atoms in total. The zero-order chi connectivity index (χ0) is 11.5. The molecule has 3 heteroatoms. The minimum atomic E-state index is 0.501. The van der Waals surface area contributed by atoms with Crippen molar-refractivity contribution in [1.29, 1.82) is 0 Å². The van der Waals surface area contributed by atoms with Crippen LogP contribution in [-0.2, 0) is 0 Å². The fraction of sp³-hybridized carbons (Fsp3) is 0.538. The molecule has 1 aliphatic carbocycles. The van der Waals surface area contributed by atoms with Crippen LogP contribution < -0.4 is 14.8 Å². The molecule has 0 radical (unpaired) electrons. The summed E-state index contributed by atoms with van der Waals surface area (Å²) in [6, 6.07) is 6.32. The second-order valence-corrected chi connectivity index (χ2v) is 4.34. The molecule has 0 saturated heterocycles. The first-order chi connectivity index (χ1) is 7.74. The van der Waals surface area contributed by atoms with Crippen molar-refractivity contribution in [3.63, 3.8) is 0 Å². The van der Waals surface area contributed by atoms with Crippen molar-refractivity contribution in [2.24, 2.45) is 5.92 Å². The van der Waals surface area contributed by atoms with Crippen LogP contribution in [0.3, 0.4) is 0 Å². The Labute approximate surface area is 96.8 Å². The number of methoxy groups -OCH3 is 2. The van der Waals surface area contributed by atoms with Crippen LogP contribution in [0.4, 0.5) is 5.69 Å². The van der Waals surface area contributed by atoms with Crippen LogP contribution in [0, 0.1) is 5.92 Å². The van der Waals surface area contributed by atoms with E-state index in [9.17, 15) is 0 Å². The van der Waals surface area contributed by atoms with Gasteiger partial charge in [-0.15, -0.1) is 0 Å². The standard InChI is InChI=1S/C13H19NO2/c1-9(10-4-5-10)14-12-8-11(15-2)6-7-13(12)16-3/h6-10,14H,4-5H2,1-3H3. The third-order valence-corrected chi connectivity index (χ3v) is 3.12. The first-order valence-corrected chi connectivity index (χ1v) is 5.73. The zero-order valence-electron chi connectivity index (χ0n) is 10.1. The fourth-order valence-electron chi connectivity index (χ4n) is 1.89. The molecule has 1 fully saturated rings. The number of hydrogen-bond acceptors (Lipinski definition) is 3. The van der Waals surface area contributed by atoms with E-state index in [4.69, 9.17) is 9.47 Å². The quantitative estimate of drug-likeness (QED) is 0.829. The van der Waals surface area contributed by atoms with Crippen molar-refractivity contribution >= 4 is 5.69 Å². The summed E-state index contributed by atoms with van der Waals surface area (Å²) >= 11 is 0. The summed E-state index contributed by atoms with van der Waals surface area (Å²) < 4.78 is 10.5. The lowest BCUT2D eigenvalue weighted by Crippen LogP contribution is -2.17. The lowest BCUT2D eigenvalue weighted by atomic mass is 10.2. The smallest absolute Gasteiger partial charge is 0.142 e. The Hall–Kier alpha value is -1.38. The Bertz CT molecular complexity index is 361. The predicted molar refractivity (Wildman–Crippen MR) is 65.4 cm³/mol. The first kappa shape index (κ1) is 11.1. The molecular weight excluding hydrogens is 202 g/mol. The molecule has 2 rings (SSSR count). The van der Waals surface area contributed by atoms with E-state index < -0.39 is 0 Å². The van der Waals surface area contributed by atoms with Crippen LogP contribution in [-0.4, -0.2) is 20.3 Å². The molecule has 0 amide bonds. The van der Waals surface area contributed by atoms with Crippen molar-refractivity contribution in [3.8, 4) is 11.5 Å². The minimum absolute atomic E-state index is 0.501. The number of hydrogen-bond donors (Lipinski definition) is 1. The minimum Gasteiger partial charge on any atom is -0.497 e. The number of anilines is 1. The zero-order valence-corrected chi connectivity index (χ0v) is 10.1. The molecular formula is C13H19NO2. The summed E-state index contributed by atoms with van der Waals surface area (Å²) in [7, 11) is 3.37. The van der Waals surface area contributed by atoms with Crippen LogP contribution in [0.25, 0.3) is 0 Å². The lowest BCUT2D eigenvalue weighted by Gasteiger charge is -2.17. The summed E-state index contributed by atoms with van der Waals surface area (Å²) in [6.07, 6.45) is 2.67. The first-order valence-electron chi connectivity index (χ1n) is 5.73. The maximum atomic E-state index is 5.33. The van der Waals surface area contributed by atoms with E-state index in [1.54, 1.807) is 14.2 Å².